The van der Waals surface area contributed by atoms with E-state index in [4.69, 9.17) is 0 Å². The fraction of sp³-hybridized carbons (Fsp3) is 0.0526. The Hall–Kier alpha value is -2.32. The highest BCUT2D eigenvalue weighted by molar-refractivity contribution is 6.32. The maximum atomic E-state index is 3.55. The highest BCUT2D eigenvalue weighted by atomic mass is 28.1. The monoisotopic (exact) mass is 286 g/mol. The first-order valence-electron chi connectivity index (χ1n) is 6.97. The van der Waals surface area contributed by atoms with Crippen molar-refractivity contribution in [2.45, 2.75) is 6.92 Å². The average Bonchev–Trinajstić information content (AvgIpc) is 2.51. The summed E-state index contributed by atoms with van der Waals surface area (Å²) in [6.07, 6.45) is 0. The normalized spacial score (nSPS) is 10.4. The van der Waals surface area contributed by atoms with Crippen LogP contribution in [0.3, 0.4) is 0 Å². The summed E-state index contributed by atoms with van der Waals surface area (Å²) in [7, 11) is 3.55. The van der Waals surface area contributed by atoms with Gasteiger partial charge in [0.15, 0.2) is 0 Å². The van der Waals surface area contributed by atoms with Gasteiger partial charge >= 0.3 is 0 Å². The van der Waals surface area contributed by atoms with Crippen molar-refractivity contribution in [2.24, 2.45) is 0 Å². The zero-order valence-corrected chi connectivity index (χ0v) is 13.0. The van der Waals surface area contributed by atoms with Crippen molar-refractivity contribution in [3.05, 3.63) is 84.4 Å². The molecule has 0 heterocycles. The Morgan fingerprint density at radius 1 is 0.667 bits per heavy atom. The van der Waals surface area contributed by atoms with Crippen molar-refractivity contribution >= 4 is 32.5 Å². The highest BCUT2D eigenvalue weighted by Gasteiger charge is 2.11. The van der Waals surface area contributed by atoms with E-state index in [1.165, 1.54) is 11.3 Å². The van der Waals surface area contributed by atoms with Gasteiger partial charge in [-0.05, 0) is 48.9 Å². The SMILES string of the molecule is Cc1cccc(N(c2ccccc2)c2ccc([Si])cc2)c1. The molecule has 0 bridgehead atoms. The molecular formula is C19H16NSi. The van der Waals surface area contributed by atoms with E-state index in [1.807, 2.05) is 6.07 Å². The van der Waals surface area contributed by atoms with Gasteiger partial charge < -0.3 is 4.90 Å². The first kappa shape index (κ1) is 13.7. The van der Waals surface area contributed by atoms with Crippen LogP contribution in [0.25, 0.3) is 0 Å². The fourth-order valence-electron chi connectivity index (χ4n) is 2.40. The van der Waals surface area contributed by atoms with Crippen LogP contribution in [0, 0.1) is 6.92 Å². The molecule has 3 radical (unpaired) electrons. The summed E-state index contributed by atoms with van der Waals surface area (Å²) in [4.78, 5) is 2.26. The molecule has 0 aliphatic rings. The van der Waals surface area contributed by atoms with Gasteiger partial charge in [-0.3, -0.25) is 0 Å². The third-order valence-electron chi connectivity index (χ3n) is 3.40. The lowest BCUT2D eigenvalue weighted by molar-refractivity contribution is 1.27. The van der Waals surface area contributed by atoms with E-state index in [1.54, 1.807) is 0 Å². The Morgan fingerprint density at radius 2 is 1.29 bits per heavy atom. The molecule has 0 aliphatic carbocycles. The molecule has 0 saturated carbocycles. The van der Waals surface area contributed by atoms with Crippen LogP contribution < -0.4 is 10.1 Å². The molecule has 0 unspecified atom stereocenters. The zero-order valence-electron chi connectivity index (χ0n) is 12.0. The molecule has 0 spiro atoms. The van der Waals surface area contributed by atoms with Gasteiger partial charge in [-0.15, -0.1) is 0 Å². The molecule has 3 aromatic rings. The van der Waals surface area contributed by atoms with Crippen LogP contribution in [0.2, 0.25) is 0 Å². The highest BCUT2D eigenvalue weighted by Crippen LogP contribution is 2.33. The number of benzene rings is 3. The molecule has 3 rings (SSSR count). The lowest BCUT2D eigenvalue weighted by Crippen LogP contribution is -2.11. The Labute approximate surface area is 129 Å². The average molecular weight is 286 g/mol. The lowest BCUT2D eigenvalue weighted by Gasteiger charge is -2.25. The minimum atomic E-state index is 1.08. The van der Waals surface area contributed by atoms with Gasteiger partial charge in [-0.2, -0.15) is 0 Å². The van der Waals surface area contributed by atoms with E-state index in [9.17, 15) is 0 Å². The Kier molecular flexibility index (Phi) is 3.89. The maximum Gasteiger partial charge on any atom is 0.0711 e. The van der Waals surface area contributed by atoms with Crippen LogP contribution in [-0.4, -0.2) is 10.2 Å². The van der Waals surface area contributed by atoms with Crippen LogP contribution in [0.1, 0.15) is 5.56 Å². The molecule has 0 aliphatic heterocycles. The second-order valence-electron chi connectivity index (χ2n) is 5.06. The second-order valence-corrected chi connectivity index (χ2v) is 5.63. The van der Waals surface area contributed by atoms with E-state index < -0.39 is 0 Å². The minimum Gasteiger partial charge on any atom is -0.310 e. The third-order valence-corrected chi connectivity index (χ3v) is 3.73. The summed E-state index contributed by atoms with van der Waals surface area (Å²) in [5.74, 6) is 0. The van der Waals surface area contributed by atoms with Crippen LogP contribution in [-0.2, 0) is 0 Å². The molecule has 0 amide bonds. The predicted octanol–water partition coefficient (Wildman–Crippen LogP) is 4.26. The molecule has 1 nitrogen and oxygen atoms in total. The van der Waals surface area contributed by atoms with Crippen LogP contribution >= 0.6 is 0 Å². The van der Waals surface area contributed by atoms with Gasteiger partial charge in [0.1, 0.15) is 0 Å². The van der Waals surface area contributed by atoms with E-state index in [-0.39, 0.29) is 0 Å². The minimum absolute atomic E-state index is 1.08. The summed E-state index contributed by atoms with van der Waals surface area (Å²) >= 11 is 0. The van der Waals surface area contributed by atoms with Crippen LogP contribution in [0.15, 0.2) is 78.9 Å². The van der Waals surface area contributed by atoms with E-state index in [2.05, 4.69) is 94.9 Å². The number of nitrogens with zero attached hydrogens (tertiary/aromatic N) is 1. The number of rotatable bonds is 3. The van der Waals surface area contributed by atoms with Gasteiger partial charge in [-0.1, -0.05) is 47.7 Å². The molecule has 101 valence electrons. The van der Waals surface area contributed by atoms with Crippen LogP contribution in [0.5, 0.6) is 0 Å². The summed E-state index contributed by atoms with van der Waals surface area (Å²) in [5.41, 5.74) is 4.73. The molecule has 0 aromatic heterocycles. The van der Waals surface area contributed by atoms with E-state index in [0.29, 0.717) is 0 Å². The summed E-state index contributed by atoms with van der Waals surface area (Å²) in [5, 5.41) is 1.08. The molecule has 21 heavy (non-hydrogen) atoms. The number of hydrogen-bond acceptors (Lipinski definition) is 1. The number of para-hydroxylation sites is 1. The number of aryl methyl sites for hydroxylation is 1. The third kappa shape index (κ3) is 3.06. The van der Waals surface area contributed by atoms with Gasteiger partial charge in [0.05, 0.1) is 10.2 Å². The quantitative estimate of drug-likeness (QED) is 0.650. The van der Waals surface area contributed by atoms with Gasteiger partial charge in [-0.25, -0.2) is 0 Å². The first-order chi connectivity index (χ1) is 10.2. The molecule has 0 atom stereocenters. The van der Waals surface area contributed by atoms with Crippen molar-refractivity contribution in [1.29, 1.82) is 0 Å². The Morgan fingerprint density at radius 3 is 1.95 bits per heavy atom. The molecular weight excluding hydrogens is 270 g/mol. The van der Waals surface area contributed by atoms with E-state index in [0.717, 1.165) is 16.6 Å². The Bertz CT molecular complexity index is 720. The molecule has 0 saturated heterocycles. The fourth-order valence-corrected chi connectivity index (χ4v) is 2.57. The lowest BCUT2D eigenvalue weighted by atomic mass is 10.1. The topological polar surface area (TPSA) is 3.24 Å². The van der Waals surface area contributed by atoms with Crippen molar-refractivity contribution in [1.82, 2.24) is 0 Å². The second kappa shape index (κ2) is 5.98. The largest absolute Gasteiger partial charge is 0.310 e. The van der Waals surface area contributed by atoms with Crippen molar-refractivity contribution in [3.8, 4) is 0 Å². The molecule has 0 fully saturated rings. The standard InChI is InChI=1S/C19H16NSi/c1-15-6-5-9-18(14-15)20(16-7-3-2-4-8-16)17-10-12-19(21)13-11-17/h2-14H,1H3. The molecule has 3 aromatic carbocycles. The zero-order chi connectivity index (χ0) is 14.7. The van der Waals surface area contributed by atoms with Gasteiger partial charge in [0.25, 0.3) is 0 Å². The summed E-state index contributed by atoms with van der Waals surface area (Å²) < 4.78 is 0. The predicted molar refractivity (Wildman–Crippen MR) is 91.3 cm³/mol. The number of hydrogen-bond donors (Lipinski definition) is 0. The molecule has 0 N–H and O–H groups in total. The van der Waals surface area contributed by atoms with Crippen LogP contribution in [0.4, 0.5) is 17.1 Å². The summed E-state index contributed by atoms with van der Waals surface area (Å²) in [6, 6.07) is 27.4. The van der Waals surface area contributed by atoms with Gasteiger partial charge in [0, 0.05) is 17.1 Å². The number of anilines is 3. The van der Waals surface area contributed by atoms with Gasteiger partial charge in [0.2, 0.25) is 0 Å². The maximum absolute atomic E-state index is 3.55. The Balaban J connectivity index is 2.13. The molecule has 2 heteroatoms. The van der Waals surface area contributed by atoms with Crippen molar-refractivity contribution in [3.63, 3.8) is 0 Å². The van der Waals surface area contributed by atoms with Crippen molar-refractivity contribution < 1.29 is 0 Å². The first-order valence-corrected chi connectivity index (χ1v) is 7.47. The smallest absolute Gasteiger partial charge is 0.0711 e. The van der Waals surface area contributed by atoms with E-state index >= 15 is 0 Å². The van der Waals surface area contributed by atoms with Crippen molar-refractivity contribution in [2.75, 3.05) is 4.90 Å². The summed E-state index contributed by atoms with van der Waals surface area (Å²) in [6.45, 7) is 2.12.